The van der Waals surface area contributed by atoms with E-state index < -0.39 is 0 Å². The molecule has 1 aliphatic rings. The summed E-state index contributed by atoms with van der Waals surface area (Å²) in [6.07, 6.45) is 3.52. The molecule has 8 heteroatoms. The van der Waals surface area contributed by atoms with E-state index in [0.717, 1.165) is 18.4 Å². The van der Waals surface area contributed by atoms with Gasteiger partial charge in [-0.25, -0.2) is 9.07 Å². The van der Waals surface area contributed by atoms with Gasteiger partial charge in [0.25, 0.3) is 5.91 Å². The minimum Gasteiger partial charge on any atom is -0.347 e. The molecule has 1 fully saturated rings. The van der Waals surface area contributed by atoms with Gasteiger partial charge in [0.15, 0.2) is 5.69 Å². The van der Waals surface area contributed by atoms with Crippen LogP contribution in [0.25, 0.3) is 0 Å². The molecule has 2 aromatic carbocycles. The zero-order valence-electron chi connectivity index (χ0n) is 17.1. The molecule has 2 heterocycles. The van der Waals surface area contributed by atoms with Crippen LogP contribution in [0.4, 0.5) is 4.39 Å². The van der Waals surface area contributed by atoms with Crippen molar-refractivity contribution < 1.29 is 14.0 Å². The quantitative estimate of drug-likeness (QED) is 0.636. The lowest BCUT2D eigenvalue weighted by Gasteiger charge is -2.24. The number of rotatable bonds is 7. The van der Waals surface area contributed by atoms with Crippen molar-refractivity contribution in [3.8, 4) is 0 Å². The maximum atomic E-state index is 13.4. The molecule has 7 nitrogen and oxygen atoms in total. The highest BCUT2D eigenvalue weighted by atomic mass is 19.1. The van der Waals surface area contributed by atoms with Gasteiger partial charge < -0.3 is 10.2 Å². The molecule has 0 unspecified atom stereocenters. The molecule has 0 radical (unpaired) electrons. The summed E-state index contributed by atoms with van der Waals surface area (Å²) in [6, 6.07) is 15.7. The summed E-state index contributed by atoms with van der Waals surface area (Å²) >= 11 is 0. The van der Waals surface area contributed by atoms with Crippen molar-refractivity contribution >= 4 is 11.8 Å². The molecule has 0 saturated carbocycles. The molecule has 0 spiro atoms. The SMILES string of the molecule is O=C(NCc1ccccc1)c1cn(C[C@@H]2CCCN2C(=O)Cc2cccc(F)c2)nn1. The fourth-order valence-electron chi connectivity index (χ4n) is 3.85. The van der Waals surface area contributed by atoms with Gasteiger partial charge in [-0.05, 0) is 36.1 Å². The van der Waals surface area contributed by atoms with Crippen LogP contribution in [0.1, 0.15) is 34.5 Å². The normalized spacial score (nSPS) is 15.8. The summed E-state index contributed by atoms with van der Waals surface area (Å²) in [5.74, 6) is -0.668. The van der Waals surface area contributed by atoms with Gasteiger partial charge in [-0.15, -0.1) is 5.10 Å². The van der Waals surface area contributed by atoms with Gasteiger partial charge in [-0.2, -0.15) is 0 Å². The number of nitrogens with one attached hydrogen (secondary N) is 1. The van der Waals surface area contributed by atoms with Gasteiger partial charge in [0.1, 0.15) is 5.82 Å². The van der Waals surface area contributed by atoms with Crippen LogP contribution in [0.3, 0.4) is 0 Å². The van der Waals surface area contributed by atoms with Crippen LogP contribution < -0.4 is 5.32 Å². The van der Waals surface area contributed by atoms with E-state index in [1.165, 1.54) is 12.1 Å². The first-order valence-electron chi connectivity index (χ1n) is 10.3. The van der Waals surface area contributed by atoms with E-state index in [1.807, 2.05) is 35.2 Å². The average molecular weight is 421 g/mol. The van der Waals surface area contributed by atoms with Crippen LogP contribution in [0.5, 0.6) is 0 Å². The van der Waals surface area contributed by atoms with E-state index in [-0.39, 0.29) is 35.8 Å². The van der Waals surface area contributed by atoms with Crippen LogP contribution in [0.2, 0.25) is 0 Å². The van der Waals surface area contributed by atoms with Crippen LogP contribution >= 0.6 is 0 Å². The number of amides is 2. The molecular weight excluding hydrogens is 397 g/mol. The number of carbonyl (C=O) groups excluding carboxylic acids is 2. The third kappa shape index (κ3) is 5.33. The lowest BCUT2D eigenvalue weighted by atomic mass is 10.1. The summed E-state index contributed by atoms with van der Waals surface area (Å²) in [5.41, 5.74) is 1.90. The number of hydrogen-bond acceptors (Lipinski definition) is 4. The highest BCUT2D eigenvalue weighted by Crippen LogP contribution is 2.20. The second-order valence-corrected chi connectivity index (χ2v) is 7.68. The van der Waals surface area contributed by atoms with E-state index in [2.05, 4.69) is 15.6 Å². The van der Waals surface area contributed by atoms with E-state index in [9.17, 15) is 14.0 Å². The van der Waals surface area contributed by atoms with Gasteiger partial charge >= 0.3 is 0 Å². The smallest absolute Gasteiger partial charge is 0.273 e. The maximum Gasteiger partial charge on any atom is 0.273 e. The van der Waals surface area contributed by atoms with E-state index >= 15 is 0 Å². The molecule has 4 rings (SSSR count). The Labute approximate surface area is 179 Å². The Balaban J connectivity index is 1.33. The Morgan fingerprint density at radius 1 is 1.10 bits per heavy atom. The van der Waals surface area contributed by atoms with E-state index in [1.54, 1.807) is 23.0 Å². The molecule has 31 heavy (non-hydrogen) atoms. The van der Waals surface area contributed by atoms with E-state index in [0.29, 0.717) is 25.2 Å². The molecular formula is C23H24FN5O2. The summed E-state index contributed by atoms with van der Waals surface area (Å²) in [5, 5.41) is 10.9. The lowest BCUT2D eigenvalue weighted by Crippen LogP contribution is -2.39. The zero-order chi connectivity index (χ0) is 21.6. The number of likely N-dealkylation sites (tertiary alicyclic amines) is 1. The number of hydrogen-bond donors (Lipinski definition) is 1. The molecule has 2 amide bonds. The predicted octanol–water partition coefficient (Wildman–Crippen LogP) is 2.58. The molecule has 1 atom stereocenters. The summed E-state index contributed by atoms with van der Waals surface area (Å²) in [6.45, 7) is 1.54. The van der Waals surface area contributed by atoms with Crippen LogP contribution in [-0.2, 0) is 24.3 Å². The van der Waals surface area contributed by atoms with Gasteiger partial charge in [-0.1, -0.05) is 47.7 Å². The van der Waals surface area contributed by atoms with Crippen molar-refractivity contribution in [1.82, 2.24) is 25.2 Å². The fourth-order valence-corrected chi connectivity index (χ4v) is 3.85. The number of benzene rings is 2. The van der Waals surface area contributed by atoms with E-state index in [4.69, 9.17) is 0 Å². The molecule has 1 N–H and O–H groups in total. The van der Waals surface area contributed by atoms with Crippen molar-refractivity contribution in [2.45, 2.75) is 38.4 Å². The number of aromatic nitrogens is 3. The highest BCUT2D eigenvalue weighted by molar-refractivity contribution is 5.91. The van der Waals surface area contributed by atoms with Crippen molar-refractivity contribution in [3.05, 3.63) is 83.4 Å². The summed E-state index contributed by atoms with van der Waals surface area (Å²) in [7, 11) is 0. The van der Waals surface area contributed by atoms with Gasteiger partial charge in [0.05, 0.1) is 25.2 Å². The van der Waals surface area contributed by atoms with Gasteiger partial charge in [-0.3, -0.25) is 9.59 Å². The molecule has 0 aliphatic carbocycles. The van der Waals surface area contributed by atoms with Gasteiger partial charge in [0, 0.05) is 13.1 Å². The van der Waals surface area contributed by atoms with Crippen molar-refractivity contribution in [2.75, 3.05) is 6.54 Å². The number of nitrogens with zero attached hydrogens (tertiary/aromatic N) is 4. The first-order chi connectivity index (χ1) is 15.1. The highest BCUT2D eigenvalue weighted by Gasteiger charge is 2.29. The summed E-state index contributed by atoms with van der Waals surface area (Å²) in [4.78, 5) is 26.9. The minimum atomic E-state index is -0.344. The monoisotopic (exact) mass is 421 g/mol. The molecule has 3 aromatic rings. The molecule has 0 bridgehead atoms. The Bertz CT molecular complexity index is 1050. The number of halogens is 1. The molecule has 1 saturated heterocycles. The van der Waals surface area contributed by atoms with Crippen LogP contribution in [0, 0.1) is 5.82 Å². The fraction of sp³-hybridized carbons (Fsp3) is 0.304. The van der Waals surface area contributed by atoms with Crippen LogP contribution in [-0.4, -0.2) is 44.3 Å². The molecule has 1 aliphatic heterocycles. The van der Waals surface area contributed by atoms with Crippen molar-refractivity contribution in [2.24, 2.45) is 0 Å². The predicted molar refractivity (Wildman–Crippen MR) is 112 cm³/mol. The van der Waals surface area contributed by atoms with Crippen LogP contribution in [0.15, 0.2) is 60.8 Å². The topological polar surface area (TPSA) is 80.1 Å². The molecule has 160 valence electrons. The zero-order valence-corrected chi connectivity index (χ0v) is 17.1. The minimum absolute atomic E-state index is 0.0250. The Kier molecular flexibility index (Phi) is 6.35. The number of carbonyl (C=O) groups is 2. The first-order valence-corrected chi connectivity index (χ1v) is 10.3. The third-order valence-electron chi connectivity index (χ3n) is 5.41. The van der Waals surface area contributed by atoms with Gasteiger partial charge in [0.2, 0.25) is 5.91 Å². The lowest BCUT2D eigenvalue weighted by molar-refractivity contribution is -0.131. The average Bonchev–Trinajstić information content (AvgIpc) is 3.43. The Morgan fingerprint density at radius 3 is 2.71 bits per heavy atom. The second-order valence-electron chi connectivity index (χ2n) is 7.68. The maximum absolute atomic E-state index is 13.4. The molecule has 1 aromatic heterocycles. The third-order valence-corrected chi connectivity index (χ3v) is 5.41. The second kappa shape index (κ2) is 9.51. The van der Waals surface area contributed by atoms with Crippen molar-refractivity contribution in [3.63, 3.8) is 0 Å². The standard InChI is InChI=1S/C23H24FN5O2/c24-19-9-4-8-18(12-19)13-22(30)29-11-5-10-20(29)15-28-16-21(26-27-28)23(31)25-14-17-6-2-1-3-7-17/h1-4,6-9,12,16,20H,5,10-11,13-15H2,(H,25,31)/t20-/m0/s1. The van der Waals surface area contributed by atoms with Crippen molar-refractivity contribution in [1.29, 1.82) is 0 Å². The Morgan fingerprint density at radius 2 is 1.90 bits per heavy atom. The largest absolute Gasteiger partial charge is 0.347 e. The first kappa shape index (κ1) is 20.7. The Hall–Kier alpha value is -3.55. The summed E-state index contributed by atoms with van der Waals surface area (Å²) < 4.78 is 15.0.